The summed E-state index contributed by atoms with van der Waals surface area (Å²) in [4.78, 5) is 14.7. The molecule has 0 spiro atoms. The smallest absolute Gasteiger partial charge is 0.349 e. The first kappa shape index (κ1) is 13.9. The van der Waals surface area contributed by atoms with Crippen LogP contribution in [-0.4, -0.2) is 25.3 Å². The highest BCUT2D eigenvalue weighted by Crippen LogP contribution is 2.49. The average molecular weight is 310 g/mol. The normalized spacial score (nSPS) is 21.2. The van der Waals surface area contributed by atoms with E-state index in [9.17, 15) is 4.79 Å². The van der Waals surface area contributed by atoms with E-state index in [1.165, 1.54) is 0 Å². The molecule has 5 heteroatoms. The van der Waals surface area contributed by atoms with Gasteiger partial charge in [-0.1, -0.05) is 36.4 Å². The molecule has 0 aromatic heterocycles. The second-order valence-electron chi connectivity index (χ2n) is 5.60. The maximum absolute atomic E-state index is 12.5. The zero-order chi connectivity index (χ0) is 15.8. The fraction of sp³-hybridized carbons (Fsp3) is 0.278. The quantitative estimate of drug-likeness (QED) is 0.883. The van der Waals surface area contributed by atoms with Crippen LogP contribution in [0, 0.1) is 0 Å². The molecule has 0 amide bonds. The number of para-hydroxylation sites is 1. The van der Waals surface area contributed by atoms with Crippen LogP contribution in [0.2, 0.25) is 0 Å². The van der Waals surface area contributed by atoms with Gasteiger partial charge in [-0.05, 0) is 24.6 Å². The van der Waals surface area contributed by atoms with Crippen molar-refractivity contribution >= 4 is 17.3 Å². The van der Waals surface area contributed by atoms with E-state index in [2.05, 4.69) is 10.2 Å². The molecule has 2 aliphatic rings. The van der Waals surface area contributed by atoms with Crippen molar-refractivity contribution < 1.29 is 14.3 Å². The molecular formula is C18H18N2O3. The van der Waals surface area contributed by atoms with Crippen molar-refractivity contribution in [1.82, 2.24) is 0 Å². The predicted molar refractivity (Wildman–Crippen MR) is 87.6 cm³/mol. The summed E-state index contributed by atoms with van der Waals surface area (Å²) in [6.45, 7) is 2.79. The molecule has 0 saturated heterocycles. The lowest BCUT2D eigenvalue weighted by atomic mass is 9.97. The largest absolute Gasteiger partial charge is 0.474 e. The Morgan fingerprint density at radius 2 is 2.09 bits per heavy atom. The van der Waals surface area contributed by atoms with E-state index in [0.717, 1.165) is 22.7 Å². The lowest BCUT2D eigenvalue weighted by Crippen LogP contribution is -2.47. The second-order valence-corrected chi connectivity index (χ2v) is 5.60. The topological polar surface area (TPSA) is 50.8 Å². The number of rotatable bonds is 3. The number of benzene rings is 2. The highest BCUT2D eigenvalue weighted by molar-refractivity contribution is 5.86. The fourth-order valence-electron chi connectivity index (χ4n) is 3.31. The van der Waals surface area contributed by atoms with Crippen molar-refractivity contribution in [1.29, 1.82) is 0 Å². The molecule has 0 radical (unpaired) electrons. The maximum atomic E-state index is 12.5. The fourth-order valence-corrected chi connectivity index (χ4v) is 3.31. The minimum Gasteiger partial charge on any atom is -0.474 e. The number of anilines is 2. The van der Waals surface area contributed by atoms with Crippen LogP contribution in [0.1, 0.15) is 18.5 Å². The Bertz CT molecular complexity index is 732. The number of hydrogen-bond donors (Lipinski definition) is 1. The minimum atomic E-state index is -0.681. The summed E-state index contributed by atoms with van der Waals surface area (Å²) in [6, 6.07) is 15.6. The lowest BCUT2D eigenvalue weighted by Gasteiger charge is -2.39. The number of carbonyl (C=O) groups is 1. The van der Waals surface area contributed by atoms with Gasteiger partial charge in [-0.15, -0.1) is 0 Å². The highest BCUT2D eigenvalue weighted by atomic mass is 16.6. The Balaban J connectivity index is 1.82. The molecule has 0 fully saturated rings. The number of nitrogens with zero attached hydrogens (tertiary/aromatic N) is 1. The first-order valence-electron chi connectivity index (χ1n) is 7.81. The summed E-state index contributed by atoms with van der Waals surface area (Å²) in [5.74, 6) is 0.391. The van der Waals surface area contributed by atoms with Gasteiger partial charge in [-0.25, -0.2) is 4.79 Å². The van der Waals surface area contributed by atoms with Crippen molar-refractivity contribution in [2.75, 3.05) is 23.5 Å². The summed E-state index contributed by atoms with van der Waals surface area (Å²) >= 11 is 0. The van der Waals surface area contributed by atoms with Gasteiger partial charge in [0.2, 0.25) is 6.10 Å². The van der Waals surface area contributed by atoms with Crippen LogP contribution in [0.3, 0.4) is 0 Å². The lowest BCUT2D eigenvalue weighted by molar-refractivity contribution is -0.153. The van der Waals surface area contributed by atoms with Gasteiger partial charge in [0.1, 0.15) is 17.5 Å². The Kier molecular flexibility index (Phi) is 3.33. The minimum absolute atomic E-state index is 0.209. The van der Waals surface area contributed by atoms with E-state index in [0.29, 0.717) is 13.3 Å². The molecule has 2 aromatic carbocycles. The van der Waals surface area contributed by atoms with Crippen LogP contribution >= 0.6 is 0 Å². The molecule has 4 rings (SSSR count). The van der Waals surface area contributed by atoms with E-state index in [4.69, 9.17) is 9.47 Å². The Morgan fingerprint density at radius 3 is 2.87 bits per heavy atom. The molecule has 2 aromatic rings. The van der Waals surface area contributed by atoms with Gasteiger partial charge in [0.15, 0.2) is 0 Å². The number of ether oxygens (including phenoxy) is 2. The van der Waals surface area contributed by atoms with E-state index in [1.54, 1.807) is 0 Å². The van der Waals surface area contributed by atoms with E-state index in [1.807, 2.05) is 55.5 Å². The molecule has 2 unspecified atom stereocenters. The summed E-state index contributed by atoms with van der Waals surface area (Å²) in [5.41, 5.74) is 3.09. The first-order chi connectivity index (χ1) is 11.3. The number of carbonyl (C=O) groups excluding carboxylic acids is 1. The average Bonchev–Trinajstić information content (AvgIpc) is 3.01. The number of hydrogen-bond acceptors (Lipinski definition) is 5. The van der Waals surface area contributed by atoms with Crippen molar-refractivity contribution in [2.24, 2.45) is 0 Å². The van der Waals surface area contributed by atoms with Gasteiger partial charge in [-0.3, -0.25) is 0 Å². The van der Waals surface area contributed by atoms with Crippen LogP contribution < -0.4 is 15.0 Å². The van der Waals surface area contributed by atoms with Gasteiger partial charge >= 0.3 is 5.97 Å². The van der Waals surface area contributed by atoms with E-state index < -0.39 is 6.10 Å². The zero-order valence-electron chi connectivity index (χ0n) is 12.9. The van der Waals surface area contributed by atoms with Crippen LogP contribution in [0.5, 0.6) is 5.75 Å². The van der Waals surface area contributed by atoms with Gasteiger partial charge in [-0.2, -0.15) is 0 Å². The third-order valence-electron chi connectivity index (χ3n) is 4.26. The molecule has 1 N–H and O–H groups in total. The van der Waals surface area contributed by atoms with Gasteiger partial charge in [0, 0.05) is 0 Å². The molecule has 2 aliphatic heterocycles. The molecule has 0 bridgehead atoms. The number of esters is 1. The first-order valence-corrected chi connectivity index (χ1v) is 7.81. The summed E-state index contributed by atoms with van der Waals surface area (Å²) < 4.78 is 11.3. The van der Waals surface area contributed by atoms with Gasteiger partial charge in [0.05, 0.1) is 19.0 Å². The predicted octanol–water partition coefficient (Wildman–Crippen LogP) is 2.94. The van der Waals surface area contributed by atoms with E-state index in [-0.39, 0.29) is 12.0 Å². The monoisotopic (exact) mass is 310 g/mol. The van der Waals surface area contributed by atoms with Crippen LogP contribution in [0.25, 0.3) is 0 Å². The third kappa shape index (κ3) is 2.20. The molecule has 5 nitrogen and oxygen atoms in total. The summed E-state index contributed by atoms with van der Waals surface area (Å²) in [5, 5.41) is 3.37. The van der Waals surface area contributed by atoms with E-state index >= 15 is 0 Å². The highest BCUT2D eigenvalue weighted by Gasteiger charge is 2.44. The molecule has 2 heterocycles. The van der Waals surface area contributed by atoms with Crippen molar-refractivity contribution in [3.05, 3.63) is 54.1 Å². The Labute approximate surface area is 134 Å². The maximum Gasteiger partial charge on any atom is 0.349 e. The van der Waals surface area contributed by atoms with Crippen LogP contribution in [0.4, 0.5) is 11.4 Å². The molecular weight excluding hydrogens is 292 g/mol. The summed E-state index contributed by atoms with van der Waals surface area (Å²) in [6.07, 6.45) is -0.681. The Morgan fingerprint density at radius 1 is 1.26 bits per heavy atom. The second kappa shape index (κ2) is 5.50. The SMILES string of the molecule is CCOC(=O)C1Oc2cccc3c2N(CN3)C1c1ccccc1. The van der Waals surface area contributed by atoms with Crippen LogP contribution in [0.15, 0.2) is 48.5 Å². The molecule has 118 valence electrons. The zero-order valence-corrected chi connectivity index (χ0v) is 12.9. The van der Waals surface area contributed by atoms with Gasteiger partial charge < -0.3 is 19.7 Å². The Hall–Kier alpha value is -2.69. The molecule has 2 atom stereocenters. The molecule has 0 aliphatic carbocycles. The summed E-state index contributed by atoms with van der Waals surface area (Å²) in [7, 11) is 0. The van der Waals surface area contributed by atoms with Crippen molar-refractivity contribution in [3.63, 3.8) is 0 Å². The molecule has 0 saturated carbocycles. The standard InChI is InChI=1S/C18H18N2O3/c1-2-22-18(21)17-15(12-7-4-3-5-8-12)20-11-19-13-9-6-10-14(23-17)16(13)20/h3-10,15,17,19H,2,11H2,1H3. The number of nitrogens with one attached hydrogen (secondary N) is 1. The van der Waals surface area contributed by atoms with Crippen molar-refractivity contribution in [2.45, 2.75) is 19.1 Å². The van der Waals surface area contributed by atoms with Gasteiger partial charge in [0.25, 0.3) is 0 Å². The molecule has 23 heavy (non-hydrogen) atoms. The van der Waals surface area contributed by atoms with Crippen molar-refractivity contribution in [3.8, 4) is 5.75 Å². The third-order valence-corrected chi connectivity index (χ3v) is 4.26. The van der Waals surface area contributed by atoms with Crippen LogP contribution in [-0.2, 0) is 9.53 Å².